The number of carbonyl (C=O) groups is 1. The molecule has 0 aliphatic heterocycles. The lowest BCUT2D eigenvalue weighted by Crippen LogP contribution is -2.13. The summed E-state index contributed by atoms with van der Waals surface area (Å²) >= 11 is 9.18. The van der Waals surface area contributed by atoms with E-state index in [1.165, 1.54) is 0 Å². The number of primary amides is 1. The zero-order chi connectivity index (χ0) is 14.0. The van der Waals surface area contributed by atoms with Crippen LogP contribution in [0.2, 0.25) is 5.02 Å². The fraction of sp³-hybridized carbons (Fsp3) is 0. The lowest BCUT2D eigenvalue weighted by molar-refractivity contribution is 0.100. The molecule has 0 aliphatic rings. The van der Waals surface area contributed by atoms with Crippen molar-refractivity contribution in [3.8, 4) is 11.5 Å². The molecule has 4 N–H and O–H groups in total. The number of nitrogens with two attached hydrogens (primary N) is 2. The molecule has 0 fully saturated rings. The Morgan fingerprint density at radius 2 is 1.95 bits per heavy atom. The van der Waals surface area contributed by atoms with Gasteiger partial charge in [0.15, 0.2) is 5.75 Å². The molecule has 19 heavy (non-hydrogen) atoms. The number of amides is 1. The Bertz CT molecular complexity index is 647. The maximum absolute atomic E-state index is 11.2. The van der Waals surface area contributed by atoms with Crippen molar-refractivity contribution in [1.29, 1.82) is 0 Å². The molecule has 0 heterocycles. The molecule has 2 aromatic carbocycles. The predicted molar refractivity (Wildman–Crippen MR) is 78.6 cm³/mol. The highest BCUT2D eigenvalue weighted by atomic mass is 79.9. The van der Waals surface area contributed by atoms with E-state index in [-0.39, 0.29) is 11.3 Å². The van der Waals surface area contributed by atoms with Gasteiger partial charge in [-0.1, -0.05) is 17.7 Å². The Kier molecular flexibility index (Phi) is 3.97. The van der Waals surface area contributed by atoms with Crippen LogP contribution in [0.15, 0.2) is 40.9 Å². The van der Waals surface area contributed by atoms with Gasteiger partial charge in [-0.3, -0.25) is 4.79 Å². The van der Waals surface area contributed by atoms with Gasteiger partial charge in [-0.05, 0) is 46.3 Å². The predicted octanol–water partition coefficient (Wildman–Crippen LogP) is 3.58. The van der Waals surface area contributed by atoms with E-state index in [9.17, 15) is 4.79 Å². The molecule has 0 aromatic heterocycles. The van der Waals surface area contributed by atoms with Crippen LogP contribution in [0.1, 0.15) is 10.4 Å². The summed E-state index contributed by atoms with van der Waals surface area (Å²) in [7, 11) is 0. The van der Waals surface area contributed by atoms with Gasteiger partial charge in [0, 0.05) is 5.02 Å². The number of hydrogen-bond acceptors (Lipinski definition) is 3. The topological polar surface area (TPSA) is 78.3 Å². The van der Waals surface area contributed by atoms with E-state index in [4.69, 9.17) is 27.8 Å². The number of hydrogen-bond donors (Lipinski definition) is 2. The zero-order valence-corrected chi connectivity index (χ0v) is 12.0. The second kappa shape index (κ2) is 5.50. The summed E-state index contributed by atoms with van der Waals surface area (Å²) in [4.78, 5) is 11.2. The standard InChI is InChI=1S/C13H10BrClN2O2/c14-9-6-7(15)4-5-10(9)19-11-3-1-2-8(12(11)16)13(17)18/h1-6H,16H2,(H2,17,18). The number of benzene rings is 2. The molecule has 0 unspecified atom stereocenters. The molecular weight excluding hydrogens is 332 g/mol. The van der Waals surface area contributed by atoms with Crippen LogP contribution in [0, 0.1) is 0 Å². The van der Waals surface area contributed by atoms with Crippen LogP contribution in [0.4, 0.5) is 5.69 Å². The van der Waals surface area contributed by atoms with E-state index in [0.717, 1.165) is 0 Å². The van der Waals surface area contributed by atoms with Gasteiger partial charge in [0.05, 0.1) is 15.7 Å². The molecule has 0 spiro atoms. The van der Waals surface area contributed by atoms with Crippen molar-refractivity contribution in [3.05, 3.63) is 51.5 Å². The van der Waals surface area contributed by atoms with Crippen LogP contribution in [-0.4, -0.2) is 5.91 Å². The van der Waals surface area contributed by atoms with Crippen LogP contribution < -0.4 is 16.2 Å². The molecule has 4 nitrogen and oxygen atoms in total. The summed E-state index contributed by atoms with van der Waals surface area (Å²) in [6.07, 6.45) is 0. The fourth-order valence-corrected chi connectivity index (χ4v) is 2.29. The first kappa shape index (κ1) is 13.7. The molecule has 0 radical (unpaired) electrons. The van der Waals surface area contributed by atoms with Crippen molar-refractivity contribution in [2.45, 2.75) is 0 Å². The van der Waals surface area contributed by atoms with Crippen molar-refractivity contribution in [3.63, 3.8) is 0 Å². The smallest absolute Gasteiger partial charge is 0.250 e. The van der Waals surface area contributed by atoms with E-state index in [0.29, 0.717) is 21.0 Å². The summed E-state index contributed by atoms with van der Waals surface area (Å²) in [5, 5.41) is 0.582. The minimum atomic E-state index is -0.599. The van der Waals surface area contributed by atoms with Gasteiger partial charge in [0.1, 0.15) is 5.75 Å². The quantitative estimate of drug-likeness (QED) is 0.838. The second-order valence-corrected chi connectivity index (χ2v) is 5.05. The number of anilines is 1. The highest BCUT2D eigenvalue weighted by Crippen LogP contribution is 2.35. The molecule has 1 amide bonds. The van der Waals surface area contributed by atoms with Crippen LogP contribution in [0.5, 0.6) is 11.5 Å². The SMILES string of the molecule is NC(=O)c1cccc(Oc2ccc(Cl)cc2Br)c1N. The molecule has 2 aromatic rings. The number of rotatable bonds is 3. The van der Waals surface area contributed by atoms with E-state index in [2.05, 4.69) is 15.9 Å². The van der Waals surface area contributed by atoms with Crippen molar-refractivity contribution in [2.75, 3.05) is 5.73 Å². The van der Waals surface area contributed by atoms with Gasteiger partial charge < -0.3 is 16.2 Å². The van der Waals surface area contributed by atoms with Crippen molar-refractivity contribution in [2.24, 2.45) is 5.73 Å². The second-order valence-electron chi connectivity index (χ2n) is 3.76. The number of ether oxygens (including phenoxy) is 1. The summed E-state index contributed by atoms with van der Waals surface area (Å²) in [6, 6.07) is 9.93. The molecule has 0 bridgehead atoms. The van der Waals surface area contributed by atoms with Crippen molar-refractivity contribution >= 4 is 39.1 Å². The van der Waals surface area contributed by atoms with Crippen LogP contribution >= 0.6 is 27.5 Å². The van der Waals surface area contributed by atoms with Crippen molar-refractivity contribution < 1.29 is 9.53 Å². The third-order valence-corrected chi connectivity index (χ3v) is 3.30. The van der Waals surface area contributed by atoms with E-state index >= 15 is 0 Å². The molecule has 0 aliphatic carbocycles. The Labute approximate surface area is 123 Å². The zero-order valence-electron chi connectivity index (χ0n) is 9.69. The number of carbonyl (C=O) groups excluding carboxylic acids is 1. The summed E-state index contributed by atoms with van der Waals surface area (Å²) in [5.41, 5.74) is 11.5. The summed E-state index contributed by atoms with van der Waals surface area (Å²) < 4.78 is 6.33. The van der Waals surface area contributed by atoms with Gasteiger partial charge in [-0.25, -0.2) is 0 Å². The van der Waals surface area contributed by atoms with E-state index in [1.54, 1.807) is 36.4 Å². The summed E-state index contributed by atoms with van der Waals surface area (Å²) in [6.45, 7) is 0. The first-order chi connectivity index (χ1) is 8.99. The molecular formula is C13H10BrClN2O2. The van der Waals surface area contributed by atoms with E-state index < -0.39 is 5.91 Å². The Hall–Kier alpha value is -1.72. The lowest BCUT2D eigenvalue weighted by atomic mass is 10.1. The summed E-state index contributed by atoms with van der Waals surface area (Å²) in [5.74, 6) is 0.301. The third kappa shape index (κ3) is 3.00. The third-order valence-electron chi connectivity index (χ3n) is 2.45. The van der Waals surface area contributed by atoms with Gasteiger partial charge >= 0.3 is 0 Å². The Balaban J connectivity index is 2.38. The normalized spacial score (nSPS) is 10.2. The average molecular weight is 342 g/mol. The minimum Gasteiger partial charge on any atom is -0.454 e. The first-order valence-corrected chi connectivity index (χ1v) is 6.47. The maximum atomic E-state index is 11.2. The number of para-hydroxylation sites is 1. The van der Waals surface area contributed by atoms with Gasteiger partial charge in [-0.2, -0.15) is 0 Å². The van der Waals surface area contributed by atoms with Crippen LogP contribution in [0.25, 0.3) is 0 Å². The van der Waals surface area contributed by atoms with Gasteiger partial charge in [0.25, 0.3) is 5.91 Å². The Morgan fingerprint density at radius 1 is 1.21 bits per heavy atom. The van der Waals surface area contributed by atoms with Crippen LogP contribution in [-0.2, 0) is 0 Å². The first-order valence-electron chi connectivity index (χ1n) is 5.30. The highest BCUT2D eigenvalue weighted by Gasteiger charge is 2.12. The molecule has 6 heteroatoms. The maximum Gasteiger partial charge on any atom is 0.250 e. The molecule has 0 atom stereocenters. The fourth-order valence-electron chi connectivity index (χ4n) is 1.52. The van der Waals surface area contributed by atoms with Crippen LogP contribution in [0.3, 0.4) is 0 Å². The minimum absolute atomic E-state index is 0.205. The lowest BCUT2D eigenvalue weighted by Gasteiger charge is -2.11. The average Bonchev–Trinajstić information content (AvgIpc) is 2.34. The molecule has 0 saturated carbocycles. The largest absolute Gasteiger partial charge is 0.454 e. The molecule has 2 rings (SSSR count). The van der Waals surface area contributed by atoms with Crippen molar-refractivity contribution in [1.82, 2.24) is 0 Å². The molecule has 0 saturated heterocycles. The highest BCUT2D eigenvalue weighted by molar-refractivity contribution is 9.10. The number of halogens is 2. The van der Waals surface area contributed by atoms with E-state index in [1.807, 2.05) is 0 Å². The molecule has 98 valence electrons. The van der Waals surface area contributed by atoms with Gasteiger partial charge in [-0.15, -0.1) is 0 Å². The number of nitrogen functional groups attached to an aromatic ring is 1. The Morgan fingerprint density at radius 3 is 2.58 bits per heavy atom. The van der Waals surface area contributed by atoms with Gasteiger partial charge in [0.2, 0.25) is 0 Å². The monoisotopic (exact) mass is 340 g/mol.